The molecule has 3 nitrogen and oxygen atoms in total. The minimum atomic E-state index is 0.0431. The highest BCUT2D eigenvalue weighted by atomic mass is 35.5. The van der Waals surface area contributed by atoms with Crippen LogP contribution in [-0.4, -0.2) is 30.9 Å². The van der Waals surface area contributed by atoms with Crippen molar-refractivity contribution in [3.05, 3.63) is 28.8 Å². The second-order valence-electron chi connectivity index (χ2n) is 4.32. The molecular weight excluding hydrogens is 266 g/mol. The molecule has 0 heterocycles. The molecule has 0 aliphatic rings. The first kappa shape index (κ1) is 15.2. The van der Waals surface area contributed by atoms with Crippen molar-refractivity contribution in [1.82, 2.24) is 0 Å². The topological polar surface area (TPSA) is 53.1 Å². The number of halogens is 1. The molecule has 1 atom stereocenters. The van der Waals surface area contributed by atoms with Gasteiger partial charge in [-0.15, -0.1) is 0 Å². The highest BCUT2D eigenvalue weighted by Crippen LogP contribution is 2.28. The van der Waals surface area contributed by atoms with Gasteiger partial charge in [0, 0.05) is 18.7 Å². The van der Waals surface area contributed by atoms with Crippen molar-refractivity contribution in [3.63, 3.8) is 0 Å². The van der Waals surface area contributed by atoms with Gasteiger partial charge in [-0.3, -0.25) is 5.41 Å². The van der Waals surface area contributed by atoms with Crippen molar-refractivity contribution < 1.29 is 0 Å². The lowest BCUT2D eigenvalue weighted by atomic mass is 10.1. The van der Waals surface area contributed by atoms with Crippen LogP contribution < -0.4 is 10.6 Å². The fourth-order valence-corrected chi connectivity index (χ4v) is 2.57. The SMILES string of the molecule is CSCCC(C)N(C)c1ccc(C(=N)N)cc1Cl. The van der Waals surface area contributed by atoms with Crippen LogP contribution >= 0.6 is 23.4 Å². The van der Waals surface area contributed by atoms with Crippen LogP contribution in [0.2, 0.25) is 5.02 Å². The van der Waals surface area contributed by atoms with Gasteiger partial charge >= 0.3 is 0 Å². The molecule has 0 saturated heterocycles. The highest BCUT2D eigenvalue weighted by Gasteiger charge is 2.13. The smallest absolute Gasteiger partial charge is 0.122 e. The molecule has 0 saturated carbocycles. The van der Waals surface area contributed by atoms with E-state index in [0.717, 1.165) is 17.9 Å². The van der Waals surface area contributed by atoms with Crippen molar-refractivity contribution in [2.75, 3.05) is 24.0 Å². The molecule has 0 amide bonds. The third kappa shape index (κ3) is 3.82. The molecular formula is C13H20ClN3S. The average molecular weight is 286 g/mol. The molecule has 1 aromatic rings. The molecule has 0 aliphatic heterocycles. The average Bonchev–Trinajstić information content (AvgIpc) is 2.34. The van der Waals surface area contributed by atoms with E-state index >= 15 is 0 Å². The van der Waals surface area contributed by atoms with Crippen molar-refractivity contribution in [2.24, 2.45) is 5.73 Å². The van der Waals surface area contributed by atoms with Crippen LogP contribution in [0.3, 0.4) is 0 Å². The first-order valence-electron chi connectivity index (χ1n) is 5.83. The summed E-state index contributed by atoms with van der Waals surface area (Å²) < 4.78 is 0. The van der Waals surface area contributed by atoms with Gasteiger partial charge in [-0.1, -0.05) is 11.6 Å². The number of anilines is 1. The number of hydrogen-bond acceptors (Lipinski definition) is 3. The zero-order chi connectivity index (χ0) is 13.7. The molecule has 0 aromatic heterocycles. The number of amidine groups is 1. The zero-order valence-corrected chi connectivity index (χ0v) is 12.6. The molecule has 3 N–H and O–H groups in total. The van der Waals surface area contributed by atoms with Crippen LogP contribution in [0, 0.1) is 5.41 Å². The second-order valence-corrected chi connectivity index (χ2v) is 5.71. The summed E-state index contributed by atoms with van der Waals surface area (Å²) in [6, 6.07) is 5.94. The number of benzene rings is 1. The predicted molar refractivity (Wildman–Crippen MR) is 83.3 cm³/mol. The van der Waals surface area contributed by atoms with Gasteiger partial charge in [0.05, 0.1) is 10.7 Å². The quantitative estimate of drug-likeness (QED) is 0.623. The van der Waals surface area contributed by atoms with Gasteiger partial charge in [-0.2, -0.15) is 11.8 Å². The maximum absolute atomic E-state index is 7.39. The molecule has 0 fully saturated rings. The molecule has 0 bridgehead atoms. The van der Waals surface area contributed by atoms with Crippen LogP contribution in [-0.2, 0) is 0 Å². The molecule has 100 valence electrons. The lowest BCUT2D eigenvalue weighted by Gasteiger charge is -2.28. The minimum Gasteiger partial charge on any atom is -0.384 e. The normalized spacial score (nSPS) is 12.2. The Labute approximate surface area is 118 Å². The van der Waals surface area contributed by atoms with Crippen molar-refractivity contribution in [1.29, 1.82) is 5.41 Å². The standard InChI is InChI=1S/C13H20ClN3S/c1-9(6-7-18-3)17(2)12-5-4-10(13(15)16)8-11(12)14/h4-5,8-9H,6-7H2,1-3H3,(H3,15,16). The summed E-state index contributed by atoms with van der Waals surface area (Å²) in [6.45, 7) is 2.19. The summed E-state index contributed by atoms with van der Waals surface area (Å²) >= 11 is 8.10. The Bertz CT molecular complexity index is 423. The van der Waals surface area contributed by atoms with Crippen LogP contribution in [0.4, 0.5) is 5.69 Å². The Morgan fingerprint density at radius 2 is 2.22 bits per heavy atom. The summed E-state index contributed by atoms with van der Waals surface area (Å²) in [5.41, 5.74) is 7.09. The largest absolute Gasteiger partial charge is 0.384 e. The summed E-state index contributed by atoms with van der Waals surface area (Å²) in [7, 11) is 2.04. The van der Waals surface area contributed by atoms with E-state index in [1.165, 1.54) is 0 Å². The van der Waals surface area contributed by atoms with Crippen LogP contribution in [0.5, 0.6) is 0 Å². The van der Waals surface area contributed by atoms with Gasteiger partial charge < -0.3 is 10.6 Å². The predicted octanol–water partition coefficient (Wildman–Crippen LogP) is 3.20. The summed E-state index contributed by atoms with van der Waals surface area (Å²) in [5, 5.41) is 8.03. The number of nitrogens with two attached hydrogens (primary N) is 1. The highest BCUT2D eigenvalue weighted by molar-refractivity contribution is 7.98. The lowest BCUT2D eigenvalue weighted by molar-refractivity contribution is 0.669. The second kappa shape index (κ2) is 6.90. The fourth-order valence-electron chi connectivity index (χ4n) is 1.68. The summed E-state index contributed by atoms with van der Waals surface area (Å²) in [6.07, 6.45) is 3.23. The van der Waals surface area contributed by atoms with E-state index in [1.807, 2.05) is 30.9 Å². The Balaban J connectivity index is 2.86. The maximum atomic E-state index is 7.39. The molecule has 18 heavy (non-hydrogen) atoms. The maximum Gasteiger partial charge on any atom is 0.122 e. The third-order valence-electron chi connectivity index (χ3n) is 3.04. The van der Waals surface area contributed by atoms with E-state index in [1.54, 1.807) is 6.07 Å². The van der Waals surface area contributed by atoms with E-state index in [9.17, 15) is 0 Å². The molecule has 1 aromatic carbocycles. The molecule has 0 aliphatic carbocycles. The van der Waals surface area contributed by atoms with Crippen LogP contribution in [0.15, 0.2) is 18.2 Å². The van der Waals surface area contributed by atoms with Crippen molar-refractivity contribution >= 4 is 34.9 Å². The minimum absolute atomic E-state index is 0.0431. The van der Waals surface area contributed by atoms with Gasteiger partial charge in [0.1, 0.15) is 5.84 Å². The monoisotopic (exact) mass is 285 g/mol. The molecule has 5 heteroatoms. The van der Waals surface area contributed by atoms with E-state index in [2.05, 4.69) is 18.1 Å². The number of thioether (sulfide) groups is 1. The number of nitrogens with one attached hydrogen (secondary N) is 1. The van der Waals surface area contributed by atoms with Crippen molar-refractivity contribution in [3.8, 4) is 0 Å². The Morgan fingerprint density at radius 1 is 1.56 bits per heavy atom. The first-order valence-corrected chi connectivity index (χ1v) is 7.60. The summed E-state index contributed by atoms with van der Waals surface area (Å²) in [5.74, 6) is 1.18. The third-order valence-corrected chi connectivity index (χ3v) is 3.99. The lowest BCUT2D eigenvalue weighted by Crippen LogP contribution is -2.29. The van der Waals surface area contributed by atoms with E-state index in [0.29, 0.717) is 16.6 Å². The molecule has 0 radical (unpaired) electrons. The summed E-state index contributed by atoms with van der Waals surface area (Å²) in [4.78, 5) is 2.17. The van der Waals surface area contributed by atoms with Crippen LogP contribution in [0.1, 0.15) is 18.9 Å². The van der Waals surface area contributed by atoms with Gasteiger partial charge in [0.2, 0.25) is 0 Å². The van der Waals surface area contributed by atoms with Gasteiger partial charge in [0.15, 0.2) is 0 Å². The van der Waals surface area contributed by atoms with Gasteiger partial charge in [-0.05, 0) is 43.6 Å². The molecule has 1 rings (SSSR count). The van der Waals surface area contributed by atoms with E-state index < -0.39 is 0 Å². The van der Waals surface area contributed by atoms with Crippen LogP contribution in [0.25, 0.3) is 0 Å². The van der Waals surface area contributed by atoms with E-state index in [4.69, 9.17) is 22.7 Å². The zero-order valence-electron chi connectivity index (χ0n) is 11.0. The molecule has 1 unspecified atom stereocenters. The number of hydrogen-bond donors (Lipinski definition) is 2. The fraction of sp³-hybridized carbons (Fsp3) is 0.462. The number of rotatable bonds is 6. The Morgan fingerprint density at radius 3 is 2.72 bits per heavy atom. The number of nitrogens with zero attached hydrogens (tertiary/aromatic N) is 1. The Kier molecular flexibility index (Phi) is 5.82. The van der Waals surface area contributed by atoms with Gasteiger partial charge in [0.25, 0.3) is 0 Å². The Hall–Kier alpha value is -0.870. The number of nitrogen functional groups attached to an aromatic ring is 1. The van der Waals surface area contributed by atoms with Crippen molar-refractivity contribution in [2.45, 2.75) is 19.4 Å². The molecule has 0 spiro atoms. The first-order chi connectivity index (χ1) is 8.47. The van der Waals surface area contributed by atoms with E-state index in [-0.39, 0.29) is 5.84 Å². The van der Waals surface area contributed by atoms with Gasteiger partial charge in [-0.25, -0.2) is 0 Å².